The number of methoxy groups -OCH3 is 1. The summed E-state index contributed by atoms with van der Waals surface area (Å²) in [5.41, 5.74) is 2.85. The molecule has 0 unspecified atom stereocenters. The van der Waals surface area contributed by atoms with E-state index in [2.05, 4.69) is 10.1 Å². The van der Waals surface area contributed by atoms with E-state index in [0.29, 0.717) is 35.1 Å². The summed E-state index contributed by atoms with van der Waals surface area (Å²) in [6, 6.07) is 13.2. The van der Waals surface area contributed by atoms with Gasteiger partial charge < -0.3 is 14.2 Å². The number of amides is 1. The third-order valence-corrected chi connectivity index (χ3v) is 4.80. The molecule has 0 saturated heterocycles. The van der Waals surface area contributed by atoms with Crippen molar-refractivity contribution in [3.8, 4) is 17.1 Å². The average Bonchev–Trinajstić information content (AvgIpc) is 3.14. The Hall–Kier alpha value is -2.86. The van der Waals surface area contributed by atoms with Crippen molar-refractivity contribution in [1.29, 1.82) is 0 Å². The fourth-order valence-electron chi connectivity index (χ4n) is 2.90. The van der Waals surface area contributed by atoms with E-state index < -0.39 is 0 Å². The molecular weight excluding hydrogens is 378 g/mol. The number of nitrogens with zero attached hydrogens (tertiary/aromatic N) is 3. The van der Waals surface area contributed by atoms with E-state index in [0.717, 1.165) is 16.9 Å². The molecule has 0 aliphatic rings. The molecule has 0 bridgehead atoms. The Labute approximate surface area is 169 Å². The summed E-state index contributed by atoms with van der Waals surface area (Å²) >= 11 is 6.16. The molecule has 0 spiro atoms. The molecule has 0 fully saturated rings. The van der Waals surface area contributed by atoms with Crippen LogP contribution in [-0.4, -0.2) is 35.1 Å². The number of hydrogen-bond donors (Lipinski definition) is 0. The zero-order chi connectivity index (χ0) is 20.1. The Balaban J connectivity index is 1.57. The van der Waals surface area contributed by atoms with Gasteiger partial charge in [0.05, 0.1) is 18.7 Å². The molecule has 3 aromatic rings. The van der Waals surface area contributed by atoms with E-state index in [9.17, 15) is 4.79 Å². The quantitative estimate of drug-likeness (QED) is 0.592. The largest absolute Gasteiger partial charge is 0.496 e. The normalized spacial score (nSPS) is 10.7. The number of carbonyl (C=O) groups is 1. The average molecular weight is 400 g/mol. The first-order valence-corrected chi connectivity index (χ1v) is 9.30. The predicted molar refractivity (Wildman–Crippen MR) is 107 cm³/mol. The Bertz CT molecular complexity index is 971. The molecule has 0 N–H and O–H groups in total. The third-order valence-electron chi connectivity index (χ3n) is 4.47. The van der Waals surface area contributed by atoms with Crippen molar-refractivity contribution in [1.82, 2.24) is 15.0 Å². The number of hydrogen-bond acceptors (Lipinski definition) is 5. The maximum Gasteiger partial charge on any atom is 0.246 e. The second-order valence-corrected chi connectivity index (χ2v) is 6.95. The lowest BCUT2D eigenvalue weighted by molar-refractivity contribution is -0.130. The lowest BCUT2D eigenvalue weighted by Gasteiger charge is -2.15. The molecular formula is C21H22ClN3O3. The van der Waals surface area contributed by atoms with Crippen LogP contribution in [0.3, 0.4) is 0 Å². The standard InChI is InChI=1S/C21H22ClN3O3/c1-14-12-15(8-10-18(14)27-3)9-11-20(26)25(2)13-19-23-21(24-28-19)16-6-4-5-7-17(16)22/h4-8,10,12H,9,11,13H2,1-3H3. The fourth-order valence-corrected chi connectivity index (χ4v) is 3.12. The summed E-state index contributed by atoms with van der Waals surface area (Å²) < 4.78 is 10.5. The van der Waals surface area contributed by atoms with E-state index in [-0.39, 0.29) is 12.5 Å². The van der Waals surface area contributed by atoms with Gasteiger partial charge in [0.25, 0.3) is 0 Å². The summed E-state index contributed by atoms with van der Waals surface area (Å²) in [7, 11) is 3.37. The van der Waals surface area contributed by atoms with Gasteiger partial charge in [0.15, 0.2) is 0 Å². The Morgan fingerprint density at radius 2 is 2.04 bits per heavy atom. The van der Waals surface area contributed by atoms with Crippen molar-refractivity contribution in [2.24, 2.45) is 0 Å². The van der Waals surface area contributed by atoms with Gasteiger partial charge in [-0.2, -0.15) is 4.98 Å². The molecule has 0 atom stereocenters. The van der Waals surface area contributed by atoms with Crippen LogP contribution >= 0.6 is 11.6 Å². The van der Waals surface area contributed by atoms with Crippen molar-refractivity contribution < 1.29 is 14.1 Å². The van der Waals surface area contributed by atoms with Crippen LogP contribution in [0.15, 0.2) is 47.0 Å². The van der Waals surface area contributed by atoms with Gasteiger partial charge in [0, 0.05) is 19.0 Å². The number of aromatic nitrogens is 2. The second-order valence-electron chi connectivity index (χ2n) is 6.55. The smallest absolute Gasteiger partial charge is 0.246 e. The van der Waals surface area contributed by atoms with Gasteiger partial charge in [-0.3, -0.25) is 4.79 Å². The molecule has 0 saturated carbocycles. The summed E-state index contributed by atoms with van der Waals surface area (Å²) in [6.45, 7) is 2.24. The third kappa shape index (κ3) is 4.70. The Kier molecular flexibility index (Phi) is 6.31. The van der Waals surface area contributed by atoms with Gasteiger partial charge >= 0.3 is 0 Å². The number of aryl methyl sites for hydroxylation is 2. The topological polar surface area (TPSA) is 68.5 Å². The molecule has 146 valence electrons. The highest BCUT2D eigenvalue weighted by atomic mass is 35.5. The molecule has 1 amide bonds. The van der Waals surface area contributed by atoms with E-state index in [1.807, 2.05) is 43.3 Å². The van der Waals surface area contributed by atoms with Gasteiger partial charge in [-0.1, -0.05) is 41.0 Å². The minimum absolute atomic E-state index is 0.00552. The first kappa shape index (κ1) is 19.9. The fraction of sp³-hybridized carbons (Fsp3) is 0.286. The van der Waals surface area contributed by atoms with Crippen LogP contribution in [0.4, 0.5) is 0 Å². The Morgan fingerprint density at radius 1 is 1.25 bits per heavy atom. The highest BCUT2D eigenvalue weighted by Gasteiger charge is 2.16. The molecule has 2 aromatic carbocycles. The molecule has 28 heavy (non-hydrogen) atoms. The molecule has 0 aliphatic carbocycles. The van der Waals surface area contributed by atoms with Crippen molar-refractivity contribution in [3.63, 3.8) is 0 Å². The zero-order valence-electron chi connectivity index (χ0n) is 16.1. The van der Waals surface area contributed by atoms with E-state index in [1.54, 1.807) is 25.1 Å². The van der Waals surface area contributed by atoms with Crippen molar-refractivity contribution in [3.05, 3.63) is 64.5 Å². The highest BCUT2D eigenvalue weighted by Crippen LogP contribution is 2.25. The number of carbonyl (C=O) groups excluding carboxylic acids is 1. The minimum atomic E-state index is 0.00552. The van der Waals surface area contributed by atoms with Gasteiger partial charge in [0.1, 0.15) is 5.75 Å². The summed E-state index contributed by atoms with van der Waals surface area (Å²) in [4.78, 5) is 18.4. The second kappa shape index (κ2) is 8.89. The number of benzene rings is 2. The van der Waals surface area contributed by atoms with Gasteiger partial charge in [0.2, 0.25) is 17.6 Å². The molecule has 1 heterocycles. The molecule has 3 rings (SSSR count). The zero-order valence-corrected chi connectivity index (χ0v) is 16.9. The van der Waals surface area contributed by atoms with Crippen molar-refractivity contribution in [2.45, 2.75) is 26.3 Å². The maximum absolute atomic E-state index is 12.4. The van der Waals surface area contributed by atoms with Crippen LogP contribution < -0.4 is 4.74 Å². The van der Waals surface area contributed by atoms with E-state index in [4.69, 9.17) is 20.9 Å². The lowest BCUT2D eigenvalue weighted by Crippen LogP contribution is -2.26. The molecule has 0 aliphatic heterocycles. The van der Waals surface area contributed by atoms with Crippen LogP contribution in [0.5, 0.6) is 5.75 Å². The van der Waals surface area contributed by atoms with Crippen LogP contribution in [0.25, 0.3) is 11.4 Å². The van der Waals surface area contributed by atoms with Crippen molar-refractivity contribution in [2.75, 3.05) is 14.2 Å². The number of ether oxygens (including phenoxy) is 1. The van der Waals surface area contributed by atoms with Crippen LogP contribution in [0.1, 0.15) is 23.4 Å². The SMILES string of the molecule is COc1ccc(CCC(=O)N(C)Cc2nc(-c3ccccc3Cl)no2)cc1C. The molecule has 6 nitrogen and oxygen atoms in total. The maximum atomic E-state index is 12.4. The van der Waals surface area contributed by atoms with Crippen LogP contribution in [0, 0.1) is 6.92 Å². The number of rotatable bonds is 7. The summed E-state index contributed by atoms with van der Waals surface area (Å²) in [5.74, 6) is 1.63. The van der Waals surface area contributed by atoms with E-state index in [1.165, 1.54) is 0 Å². The van der Waals surface area contributed by atoms with Gasteiger partial charge in [-0.15, -0.1) is 0 Å². The van der Waals surface area contributed by atoms with E-state index >= 15 is 0 Å². The Morgan fingerprint density at radius 3 is 2.75 bits per heavy atom. The molecule has 0 radical (unpaired) electrons. The van der Waals surface area contributed by atoms with Gasteiger partial charge in [-0.05, 0) is 42.7 Å². The van der Waals surface area contributed by atoms with Crippen LogP contribution in [-0.2, 0) is 17.8 Å². The molecule has 7 heteroatoms. The number of halogens is 1. The first-order valence-electron chi connectivity index (χ1n) is 8.93. The minimum Gasteiger partial charge on any atom is -0.496 e. The predicted octanol–water partition coefficient (Wildman–Crippen LogP) is 4.30. The first-order chi connectivity index (χ1) is 13.5. The lowest BCUT2D eigenvalue weighted by atomic mass is 10.1. The molecule has 1 aromatic heterocycles. The van der Waals surface area contributed by atoms with Crippen LogP contribution in [0.2, 0.25) is 5.02 Å². The van der Waals surface area contributed by atoms with Gasteiger partial charge in [-0.25, -0.2) is 0 Å². The summed E-state index contributed by atoms with van der Waals surface area (Å²) in [5, 5.41) is 4.51. The highest BCUT2D eigenvalue weighted by molar-refractivity contribution is 6.33. The van der Waals surface area contributed by atoms with Crippen molar-refractivity contribution >= 4 is 17.5 Å². The monoisotopic (exact) mass is 399 g/mol. The summed E-state index contributed by atoms with van der Waals surface area (Å²) in [6.07, 6.45) is 1.05.